The molecular formula is C14H18IN5. The molecule has 20 heavy (non-hydrogen) atoms. The molecule has 0 atom stereocenters. The van der Waals surface area contributed by atoms with Gasteiger partial charge in [-0.05, 0) is 24.1 Å². The molecule has 0 spiro atoms. The zero-order valence-electron chi connectivity index (χ0n) is 11.1. The number of aromatic nitrogens is 2. The van der Waals surface area contributed by atoms with Crippen LogP contribution in [-0.2, 0) is 6.54 Å². The van der Waals surface area contributed by atoms with E-state index in [0.717, 1.165) is 37.7 Å². The lowest BCUT2D eigenvalue weighted by Crippen LogP contribution is -2.40. The molecule has 6 heteroatoms. The maximum atomic E-state index is 4.41. The van der Waals surface area contributed by atoms with E-state index < -0.39 is 0 Å². The Hall–Kier alpha value is -1.57. The van der Waals surface area contributed by atoms with Crippen LogP contribution < -0.4 is 10.6 Å². The first-order valence-corrected chi connectivity index (χ1v) is 6.53. The second-order valence-corrected chi connectivity index (χ2v) is 4.44. The quantitative estimate of drug-likeness (QED) is 0.797. The molecule has 3 rings (SSSR count). The topological polar surface area (TPSA) is 54.2 Å². The third-order valence-electron chi connectivity index (χ3n) is 3.09. The van der Waals surface area contributed by atoms with Crippen molar-refractivity contribution in [2.24, 2.45) is 4.99 Å². The number of hydrogen-bond acceptors (Lipinski definition) is 4. The molecule has 0 radical (unpaired) electrons. The second kappa shape index (κ2) is 7.28. The van der Waals surface area contributed by atoms with Crippen molar-refractivity contribution in [1.29, 1.82) is 0 Å². The van der Waals surface area contributed by atoms with Crippen LogP contribution >= 0.6 is 24.0 Å². The van der Waals surface area contributed by atoms with Crippen molar-refractivity contribution in [1.82, 2.24) is 20.4 Å². The van der Waals surface area contributed by atoms with Crippen molar-refractivity contribution in [3.8, 4) is 5.69 Å². The molecular weight excluding hydrogens is 365 g/mol. The first-order valence-electron chi connectivity index (χ1n) is 6.53. The molecule has 0 bridgehead atoms. The smallest absolute Gasteiger partial charge is 0.191 e. The molecule has 2 aromatic rings. The van der Waals surface area contributed by atoms with E-state index in [9.17, 15) is 0 Å². The fourth-order valence-electron chi connectivity index (χ4n) is 2.13. The van der Waals surface area contributed by atoms with Crippen molar-refractivity contribution in [3.05, 3.63) is 48.3 Å². The Morgan fingerprint density at radius 2 is 2.15 bits per heavy atom. The summed E-state index contributed by atoms with van der Waals surface area (Å²) in [6.45, 7) is 2.63. The molecule has 0 unspecified atom stereocenters. The molecule has 2 heterocycles. The van der Waals surface area contributed by atoms with E-state index >= 15 is 0 Å². The molecule has 1 aliphatic heterocycles. The normalized spacial score (nSPS) is 13.9. The Kier molecular flexibility index (Phi) is 5.40. The highest BCUT2D eigenvalue weighted by atomic mass is 127. The molecule has 0 fully saturated rings. The Bertz CT molecular complexity index is 565. The second-order valence-electron chi connectivity index (χ2n) is 4.44. The monoisotopic (exact) mass is 383 g/mol. The summed E-state index contributed by atoms with van der Waals surface area (Å²) in [7, 11) is 0. The third kappa shape index (κ3) is 3.50. The molecule has 1 aromatic carbocycles. The SMILES string of the molecule is I.c1ccc(-n2cccn2)c(CNC2=NCCCN2)c1. The first kappa shape index (κ1) is 14.8. The zero-order chi connectivity index (χ0) is 12.9. The van der Waals surface area contributed by atoms with Gasteiger partial charge in [-0.2, -0.15) is 5.10 Å². The molecule has 1 aliphatic rings. The first-order chi connectivity index (χ1) is 9.43. The van der Waals surface area contributed by atoms with Gasteiger partial charge in [-0.1, -0.05) is 18.2 Å². The lowest BCUT2D eigenvalue weighted by Gasteiger charge is -2.17. The Morgan fingerprint density at radius 3 is 2.90 bits per heavy atom. The third-order valence-corrected chi connectivity index (χ3v) is 3.09. The highest BCUT2D eigenvalue weighted by molar-refractivity contribution is 14.0. The number of rotatable bonds is 3. The zero-order valence-corrected chi connectivity index (χ0v) is 13.5. The van der Waals surface area contributed by atoms with E-state index in [1.165, 1.54) is 5.56 Å². The van der Waals surface area contributed by atoms with Gasteiger partial charge in [0.05, 0.1) is 5.69 Å². The molecule has 0 aliphatic carbocycles. The number of halogens is 1. The minimum Gasteiger partial charge on any atom is -0.356 e. The largest absolute Gasteiger partial charge is 0.356 e. The van der Waals surface area contributed by atoms with Crippen LogP contribution in [-0.4, -0.2) is 28.8 Å². The Labute approximate surface area is 135 Å². The summed E-state index contributed by atoms with van der Waals surface area (Å²) in [5.41, 5.74) is 2.29. The number of benzene rings is 1. The predicted molar refractivity (Wildman–Crippen MR) is 90.7 cm³/mol. The van der Waals surface area contributed by atoms with Gasteiger partial charge >= 0.3 is 0 Å². The fraction of sp³-hybridized carbons (Fsp3) is 0.286. The molecule has 2 N–H and O–H groups in total. The number of hydrogen-bond donors (Lipinski definition) is 2. The van der Waals surface area contributed by atoms with Crippen molar-refractivity contribution in [2.75, 3.05) is 13.1 Å². The van der Waals surface area contributed by atoms with Crippen LogP contribution in [0.1, 0.15) is 12.0 Å². The highest BCUT2D eigenvalue weighted by Crippen LogP contribution is 2.13. The lowest BCUT2D eigenvalue weighted by molar-refractivity contribution is 0.700. The fourth-order valence-corrected chi connectivity index (χ4v) is 2.13. The van der Waals surface area contributed by atoms with E-state index in [-0.39, 0.29) is 24.0 Å². The minimum absolute atomic E-state index is 0. The van der Waals surface area contributed by atoms with Crippen LogP contribution in [0.5, 0.6) is 0 Å². The molecule has 5 nitrogen and oxygen atoms in total. The van der Waals surface area contributed by atoms with Crippen LogP contribution in [0, 0.1) is 0 Å². The average Bonchev–Trinajstić information content (AvgIpc) is 3.01. The van der Waals surface area contributed by atoms with Gasteiger partial charge in [0.2, 0.25) is 0 Å². The maximum Gasteiger partial charge on any atom is 0.191 e. The van der Waals surface area contributed by atoms with Gasteiger partial charge in [0.25, 0.3) is 0 Å². The Morgan fingerprint density at radius 1 is 1.25 bits per heavy atom. The summed E-state index contributed by atoms with van der Waals surface area (Å²) in [6, 6.07) is 10.2. The van der Waals surface area contributed by atoms with Crippen molar-refractivity contribution >= 4 is 29.9 Å². The van der Waals surface area contributed by atoms with E-state index in [0.29, 0.717) is 0 Å². The van der Waals surface area contributed by atoms with Crippen molar-refractivity contribution < 1.29 is 0 Å². The summed E-state index contributed by atoms with van der Waals surface area (Å²) in [6.07, 6.45) is 4.85. The summed E-state index contributed by atoms with van der Waals surface area (Å²) >= 11 is 0. The average molecular weight is 383 g/mol. The Balaban J connectivity index is 0.00000147. The van der Waals surface area contributed by atoms with Gasteiger partial charge in [0, 0.05) is 32.0 Å². The van der Waals surface area contributed by atoms with E-state index in [4.69, 9.17) is 0 Å². The number of guanidine groups is 1. The van der Waals surface area contributed by atoms with Gasteiger partial charge < -0.3 is 10.6 Å². The van der Waals surface area contributed by atoms with Crippen molar-refractivity contribution in [3.63, 3.8) is 0 Å². The number of para-hydroxylation sites is 1. The summed E-state index contributed by atoms with van der Waals surface area (Å²) in [5.74, 6) is 0.890. The van der Waals surface area contributed by atoms with Crippen molar-refractivity contribution in [2.45, 2.75) is 13.0 Å². The minimum atomic E-state index is 0. The molecule has 0 amide bonds. The maximum absolute atomic E-state index is 4.41. The highest BCUT2D eigenvalue weighted by Gasteiger charge is 2.06. The van der Waals surface area contributed by atoms with Gasteiger partial charge in [-0.3, -0.25) is 4.99 Å². The van der Waals surface area contributed by atoms with Gasteiger partial charge in [0.15, 0.2) is 5.96 Å². The molecule has 0 saturated carbocycles. The number of nitrogens with zero attached hydrogens (tertiary/aromatic N) is 3. The number of nitrogens with one attached hydrogen (secondary N) is 2. The van der Waals surface area contributed by atoms with Crippen LogP contribution in [0.25, 0.3) is 5.69 Å². The van der Waals surface area contributed by atoms with Gasteiger partial charge in [-0.15, -0.1) is 24.0 Å². The summed E-state index contributed by atoms with van der Waals surface area (Å²) in [5, 5.41) is 10.9. The molecule has 1 aromatic heterocycles. The summed E-state index contributed by atoms with van der Waals surface area (Å²) in [4.78, 5) is 4.41. The van der Waals surface area contributed by atoms with Gasteiger partial charge in [0.1, 0.15) is 0 Å². The standard InChI is InChI=1S/C14H17N5.HI/c1-2-6-13(19-10-4-9-18-19)12(5-1)11-17-14-15-7-3-8-16-14;/h1-2,4-6,9-10H,3,7-8,11H2,(H2,15,16,17);1H. The summed E-state index contributed by atoms with van der Waals surface area (Å²) < 4.78 is 1.88. The van der Waals surface area contributed by atoms with Crippen LogP contribution in [0.15, 0.2) is 47.7 Å². The van der Waals surface area contributed by atoms with Gasteiger partial charge in [-0.25, -0.2) is 4.68 Å². The number of aliphatic imine (C=N–C) groups is 1. The van der Waals surface area contributed by atoms with Crippen LogP contribution in [0.4, 0.5) is 0 Å². The molecule has 0 saturated heterocycles. The lowest BCUT2D eigenvalue weighted by atomic mass is 10.2. The molecule has 106 valence electrons. The van der Waals surface area contributed by atoms with E-state index in [2.05, 4.69) is 32.9 Å². The van der Waals surface area contributed by atoms with Crippen LogP contribution in [0.2, 0.25) is 0 Å². The van der Waals surface area contributed by atoms with Crippen LogP contribution in [0.3, 0.4) is 0 Å². The predicted octanol–water partition coefficient (Wildman–Crippen LogP) is 1.93. The van der Waals surface area contributed by atoms with E-state index in [1.807, 2.05) is 29.1 Å². The van der Waals surface area contributed by atoms with E-state index in [1.54, 1.807) is 6.20 Å².